The molecule has 2 rings (SSSR count). The zero-order valence-electron chi connectivity index (χ0n) is 14.7. The van der Waals surface area contributed by atoms with Gasteiger partial charge in [0.05, 0.1) is 6.61 Å². The summed E-state index contributed by atoms with van der Waals surface area (Å²) in [5.74, 6) is 2.25. The van der Waals surface area contributed by atoms with Gasteiger partial charge in [0.15, 0.2) is 12.4 Å². The summed E-state index contributed by atoms with van der Waals surface area (Å²) in [6, 6.07) is 6.62. The Hall–Kier alpha value is -1.44. The molecule has 0 amide bonds. The number of carbonyl (C=O) groups excluding carboxylic acids is 2. The van der Waals surface area contributed by atoms with Crippen LogP contribution in [-0.2, 0) is 9.53 Å². The quantitative estimate of drug-likeness (QED) is 0.188. The van der Waals surface area contributed by atoms with Gasteiger partial charge < -0.3 is 14.6 Å². The van der Waals surface area contributed by atoms with Crippen molar-refractivity contribution < 1.29 is 24.2 Å². The van der Waals surface area contributed by atoms with Crippen LogP contribution in [0.2, 0.25) is 0 Å². The standard InChI is InChI=1S/C20H21O5S2/c21-11-13-26-27-14-12-24-20(23)15-25-18-8-6-17(7-9-18)19(22)10-5-16-3-1-2-4-16/h1-10,21H,11-15H2/b10-5+. The van der Waals surface area contributed by atoms with E-state index in [9.17, 15) is 9.59 Å². The Kier molecular flexibility index (Phi) is 10.4. The van der Waals surface area contributed by atoms with Crippen LogP contribution in [0.5, 0.6) is 5.75 Å². The Labute approximate surface area is 168 Å². The lowest BCUT2D eigenvalue weighted by Crippen LogP contribution is -2.16. The number of hydrogen-bond acceptors (Lipinski definition) is 7. The third-order valence-corrected chi connectivity index (χ3v) is 5.65. The molecule has 1 N–H and O–H groups in total. The third-order valence-electron chi connectivity index (χ3n) is 3.30. The molecule has 143 valence electrons. The molecule has 0 atom stereocenters. The Balaban J connectivity index is 1.65. The number of benzene rings is 1. The van der Waals surface area contributed by atoms with E-state index in [1.54, 1.807) is 41.1 Å². The van der Waals surface area contributed by atoms with Gasteiger partial charge in [0, 0.05) is 23.0 Å². The second kappa shape index (κ2) is 12.9. The first-order valence-corrected chi connectivity index (χ1v) is 10.9. The van der Waals surface area contributed by atoms with E-state index < -0.39 is 5.97 Å². The molecule has 0 spiro atoms. The summed E-state index contributed by atoms with van der Waals surface area (Å²) in [6.45, 7) is 0.257. The van der Waals surface area contributed by atoms with Crippen molar-refractivity contribution >= 4 is 33.3 Å². The summed E-state index contributed by atoms with van der Waals surface area (Å²) in [4.78, 5) is 23.7. The van der Waals surface area contributed by atoms with Gasteiger partial charge in [-0.25, -0.2) is 4.79 Å². The molecule has 0 aromatic heterocycles. The van der Waals surface area contributed by atoms with E-state index in [0.29, 0.717) is 29.4 Å². The smallest absolute Gasteiger partial charge is 0.344 e. The van der Waals surface area contributed by atoms with E-state index in [4.69, 9.17) is 14.6 Å². The summed E-state index contributed by atoms with van der Waals surface area (Å²) < 4.78 is 10.4. The fourth-order valence-corrected chi connectivity index (χ4v) is 3.61. The van der Waals surface area contributed by atoms with Gasteiger partial charge in [0.1, 0.15) is 12.4 Å². The van der Waals surface area contributed by atoms with Crippen molar-refractivity contribution in [3.8, 4) is 5.75 Å². The Morgan fingerprint density at radius 2 is 1.74 bits per heavy atom. The zero-order valence-corrected chi connectivity index (χ0v) is 16.3. The maximum atomic E-state index is 12.1. The van der Waals surface area contributed by atoms with Crippen LogP contribution in [0.15, 0.2) is 36.4 Å². The van der Waals surface area contributed by atoms with Gasteiger partial charge in [0.25, 0.3) is 0 Å². The average molecular weight is 406 g/mol. The van der Waals surface area contributed by atoms with Gasteiger partial charge >= 0.3 is 5.97 Å². The van der Waals surface area contributed by atoms with Crippen LogP contribution in [0.1, 0.15) is 10.4 Å². The van der Waals surface area contributed by atoms with Crippen LogP contribution in [0.3, 0.4) is 0 Å². The van der Waals surface area contributed by atoms with Crippen LogP contribution in [0.25, 0.3) is 0 Å². The molecule has 0 aliphatic heterocycles. The fourth-order valence-electron chi connectivity index (χ4n) is 2.01. The van der Waals surface area contributed by atoms with Crippen LogP contribution < -0.4 is 4.74 Å². The van der Waals surface area contributed by atoms with Crippen molar-refractivity contribution in [2.75, 3.05) is 31.3 Å². The van der Waals surface area contributed by atoms with Gasteiger partial charge in [-0.05, 0) is 56.0 Å². The first-order chi connectivity index (χ1) is 13.2. The van der Waals surface area contributed by atoms with E-state index in [1.165, 1.54) is 16.9 Å². The van der Waals surface area contributed by atoms with E-state index in [1.807, 2.05) is 25.7 Å². The van der Waals surface area contributed by atoms with Crippen molar-refractivity contribution in [1.29, 1.82) is 0 Å². The minimum absolute atomic E-state index is 0.0984. The minimum atomic E-state index is -0.444. The molecule has 1 aromatic rings. The van der Waals surface area contributed by atoms with Crippen molar-refractivity contribution in [3.63, 3.8) is 0 Å². The molecule has 0 heterocycles. The van der Waals surface area contributed by atoms with Crippen LogP contribution in [0.4, 0.5) is 0 Å². The molecule has 5 radical (unpaired) electrons. The SMILES string of the molecule is O=C(COc1ccc(C(=O)/C=C/[C]2[CH][CH][CH][CH]2)cc1)OCCSSCCO. The van der Waals surface area contributed by atoms with Crippen molar-refractivity contribution in [1.82, 2.24) is 0 Å². The number of aliphatic hydroxyl groups excluding tert-OH is 1. The van der Waals surface area contributed by atoms with Crippen LogP contribution in [-0.4, -0.2) is 48.2 Å². The zero-order chi connectivity index (χ0) is 19.3. The van der Waals surface area contributed by atoms with E-state index in [-0.39, 0.29) is 19.0 Å². The lowest BCUT2D eigenvalue weighted by atomic mass is 10.1. The second-order valence-corrected chi connectivity index (χ2v) is 8.02. The Morgan fingerprint density at radius 3 is 2.44 bits per heavy atom. The maximum Gasteiger partial charge on any atom is 0.344 e. The summed E-state index contributed by atoms with van der Waals surface area (Å²) in [5, 5.41) is 8.64. The van der Waals surface area contributed by atoms with Gasteiger partial charge in [-0.3, -0.25) is 4.79 Å². The number of carbonyl (C=O) groups is 2. The summed E-state index contributed by atoms with van der Waals surface area (Å²) >= 11 is 0. The van der Waals surface area contributed by atoms with E-state index in [2.05, 4.69) is 0 Å². The molecule has 0 unspecified atom stereocenters. The number of hydrogen-bond donors (Lipinski definition) is 1. The monoisotopic (exact) mass is 405 g/mol. The number of ether oxygens (including phenoxy) is 2. The number of ketones is 1. The summed E-state index contributed by atoms with van der Waals surface area (Å²) in [7, 11) is 3.08. The molecule has 1 aliphatic rings. The molecular weight excluding hydrogens is 384 g/mol. The van der Waals surface area contributed by atoms with Gasteiger partial charge in [-0.15, -0.1) is 0 Å². The lowest BCUT2D eigenvalue weighted by molar-refractivity contribution is -0.145. The largest absolute Gasteiger partial charge is 0.482 e. The summed E-state index contributed by atoms with van der Waals surface area (Å²) in [6.07, 6.45) is 11.0. The highest BCUT2D eigenvalue weighted by Gasteiger charge is 2.14. The predicted octanol–water partition coefficient (Wildman–Crippen LogP) is 3.13. The van der Waals surface area contributed by atoms with E-state index >= 15 is 0 Å². The lowest BCUT2D eigenvalue weighted by Gasteiger charge is -2.07. The first-order valence-electron chi connectivity index (χ1n) is 8.37. The minimum Gasteiger partial charge on any atom is -0.482 e. The molecule has 0 saturated heterocycles. The molecule has 1 fully saturated rings. The molecule has 7 heteroatoms. The normalized spacial score (nSPS) is 14.6. The number of allylic oxidation sites excluding steroid dienone is 2. The molecular formula is C20H21O5S2. The maximum absolute atomic E-state index is 12.1. The molecule has 1 aromatic carbocycles. The molecule has 1 aliphatic carbocycles. The number of rotatable bonds is 12. The van der Waals surface area contributed by atoms with E-state index in [0.717, 1.165) is 5.92 Å². The predicted molar refractivity (Wildman–Crippen MR) is 109 cm³/mol. The summed E-state index contributed by atoms with van der Waals surface area (Å²) in [5.41, 5.74) is 0.546. The number of esters is 1. The Bertz CT molecular complexity index is 609. The van der Waals surface area contributed by atoms with Crippen molar-refractivity contribution in [2.45, 2.75) is 0 Å². The van der Waals surface area contributed by atoms with Gasteiger partial charge in [-0.2, -0.15) is 0 Å². The number of aliphatic hydroxyl groups is 1. The topological polar surface area (TPSA) is 72.8 Å². The Morgan fingerprint density at radius 1 is 1.04 bits per heavy atom. The van der Waals surface area contributed by atoms with Crippen molar-refractivity contribution in [2.24, 2.45) is 0 Å². The van der Waals surface area contributed by atoms with Crippen LogP contribution in [0, 0.1) is 31.6 Å². The highest BCUT2D eigenvalue weighted by molar-refractivity contribution is 8.76. The third kappa shape index (κ3) is 8.86. The molecule has 5 nitrogen and oxygen atoms in total. The fraction of sp³-hybridized carbons (Fsp3) is 0.250. The highest BCUT2D eigenvalue weighted by Crippen LogP contribution is 2.24. The van der Waals surface area contributed by atoms with Crippen LogP contribution >= 0.6 is 21.6 Å². The highest BCUT2D eigenvalue weighted by atomic mass is 33.1. The molecule has 27 heavy (non-hydrogen) atoms. The average Bonchev–Trinajstić information content (AvgIpc) is 3.21. The van der Waals surface area contributed by atoms with Crippen molar-refractivity contribution in [3.05, 3.63) is 73.6 Å². The van der Waals surface area contributed by atoms with Gasteiger partial charge in [-0.1, -0.05) is 27.7 Å². The second-order valence-electron chi connectivity index (χ2n) is 5.32. The molecule has 0 bridgehead atoms. The molecule has 1 saturated carbocycles. The van der Waals surface area contributed by atoms with Gasteiger partial charge in [0.2, 0.25) is 0 Å². The first kappa shape index (κ1) is 21.9.